The third-order valence-corrected chi connectivity index (χ3v) is 4.58. The van der Waals surface area contributed by atoms with Crippen LogP contribution in [0.25, 0.3) is 0 Å². The van der Waals surface area contributed by atoms with E-state index in [1.165, 1.54) is 29.5 Å². The van der Waals surface area contributed by atoms with E-state index in [1.807, 2.05) is 0 Å². The number of aliphatic carboxylic acids is 1. The maximum Gasteiger partial charge on any atom is 0.304 e. The zero-order valence-electron chi connectivity index (χ0n) is 13.4. The summed E-state index contributed by atoms with van der Waals surface area (Å²) in [6, 6.07) is 6.58. The normalized spacial score (nSPS) is 21.2. The van der Waals surface area contributed by atoms with Crippen molar-refractivity contribution in [2.24, 2.45) is 5.92 Å². The van der Waals surface area contributed by atoms with Gasteiger partial charge in [-0.1, -0.05) is 30.7 Å². The topological polar surface area (TPSA) is 40.5 Å². The molecule has 1 aliphatic rings. The Morgan fingerprint density at radius 3 is 2.86 bits per heavy atom. The number of rotatable bonds is 5. The van der Waals surface area contributed by atoms with E-state index < -0.39 is 5.97 Å². The Kier molecular flexibility index (Phi) is 5.40. The van der Waals surface area contributed by atoms with Gasteiger partial charge in [0.15, 0.2) is 0 Å². The predicted octanol–water partition coefficient (Wildman–Crippen LogP) is 3.42. The first-order valence-corrected chi connectivity index (χ1v) is 7.97. The highest BCUT2D eigenvalue weighted by Crippen LogP contribution is 2.23. The van der Waals surface area contributed by atoms with Gasteiger partial charge in [0.25, 0.3) is 0 Å². The van der Waals surface area contributed by atoms with E-state index in [2.05, 4.69) is 43.9 Å². The van der Waals surface area contributed by atoms with Crippen LogP contribution in [0.15, 0.2) is 18.2 Å². The second-order valence-corrected chi connectivity index (χ2v) is 6.63. The lowest BCUT2D eigenvalue weighted by molar-refractivity contribution is -0.138. The largest absolute Gasteiger partial charge is 0.481 e. The summed E-state index contributed by atoms with van der Waals surface area (Å²) in [7, 11) is 0. The Morgan fingerprint density at radius 2 is 2.19 bits per heavy atom. The first kappa shape index (κ1) is 16.0. The fraction of sp³-hybridized carbons (Fsp3) is 0.611. The second-order valence-electron chi connectivity index (χ2n) is 6.63. The molecule has 1 heterocycles. The van der Waals surface area contributed by atoms with Crippen molar-refractivity contribution >= 4 is 5.97 Å². The van der Waals surface area contributed by atoms with Crippen molar-refractivity contribution in [1.29, 1.82) is 0 Å². The molecule has 3 heteroatoms. The molecule has 0 saturated carbocycles. The fourth-order valence-corrected chi connectivity index (χ4v) is 3.36. The highest BCUT2D eigenvalue weighted by molar-refractivity contribution is 5.67. The van der Waals surface area contributed by atoms with Crippen LogP contribution in [0.5, 0.6) is 0 Å². The molecule has 1 fully saturated rings. The summed E-state index contributed by atoms with van der Waals surface area (Å²) >= 11 is 0. The Hall–Kier alpha value is -1.35. The van der Waals surface area contributed by atoms with Gasteiger partial charge in [-0.2, -0.15) is 0 Å². The van der Waals surface area contributed by atoms with E-state index in [0.29, 0.717) is 5.92 Å². The van der Waals surface area contributed by atoms with Crippen molar-refractivity contribution in [3.63, 3.8) is 0 Å². The Morgan fingerprint density at radius 1 is 1.43 bits per heavy atom. The van der Waals surface area contributed by atoms with Crippen LogP contribution in [0.2, 0.25) is 0 Å². The minimum atomic E-state index is -0.691. The molecule has 3 nitrogen and oxygen atoms in total. The molecule has 0 aromatic heterocycles. The van der Waals surface area contributed by atoms with Gasteiger partial charge in [-0.3, -0.25) is 9.69 Å². The molecule has 1 saturated heterocycles. The summed E-state index contributed by atoms with van der Waals surface area (Å²) in [5.74, 6) is -0.0165. The minimum absolute atomic E-state index is 0.116. The molecule has 116 valence electrons. The lowest BCUT2D eigenvalue weighted by Crippen LogP contribution is -2.44. The molecule has 0 spiro atoms. The van der Waals surface area contributed by atoms with E-state index in [-0.39, 0.29) is 12.5 Å². The highest BCUT2D eigenvalue weighted by Gasteiger charge is 2.26. The Bertz CT molecular complexity index is 498. The molecule has 0 amide bonds. The summed E-state index contributed by atoms with van der Waals surface area (Å²) in [6.45, 7) is 8.54. The van der Waals surface area contributed by atoms with Crippen molar-refractivity contribution in [2.75, 3.05) is 13.1 Å². The highest BCUT2D eigenvalue weighted by atomic mass is 16.4. The van der Waals surface area contributed by atoms with Gasteiger partial charge < -0.3 is 5.11 Å². The molecule has 0 radical (unpaired) electrons. The fourth-order valence-electron chi connectivity index (χ4n) is 3.36. The Balaban J connectivity index is 2.15. The van der Waals surface area contributed by atoms with Gasteiger partial charge in [-0.15, -0.1) is 0 Å². The van der Waals surface area contributed by atoms with Crippen LogP contribution in [0.1, 0.15) is 42.9 Å². The first-order valence-electron chi connectivity index (χ1n) is 7.97. The van der Waals surface area contributed by atoms with Gasteiger partial charge in [-0.05, 0) is 56.7 Å². The number of likely N-dealkylation sites (tertiary alicyclic amines) is 1. The number of benzene rings is 1. The molecule has 0 aliphatic carbocycles. The van der Waals surface area contributed by atoms with E-state index >= 15 is 0 Å². The predicted molar refractivity (Wildman–Crippen MR) is 85.6 cm³/mol. The standard InChI is InChI=1S/C18H27NO2/c1-13-6-7-15(3)16(9-13)10-17(11-18(20)21)19-8-4-5-14(2)12-19/h6-7,9,14,17H,4-5,8,10-12H2,1-3H3,(H,20,21). The number of aryl methyl sites for hydroxylation is 2. The molecule has 2 unspecified atom stereocenters. The van der Waals surface area contributed by atoms with Crippen LogP contribution < -0.4 is 0 Å². The first-order chi connectivity index (χ1) is 9.95. The van der Waals surface area contributed by atoms with Crippen LogP contribution in [0.4, 0.5) is 0 Å². The Labute approximate surface area is 128 Å². The van der Waals surface area contributed by atoms with Gasteiger partial charge in [-0.25, -0.2) is 0 Å². The maximum atomic E-state index is 11.2. The summed E-state index contributed by atoms with van der Waals surface area (Å²) in [5, 5.41) is 9.26. The van der Waals surface area contributed by atoms with E-state index in [1.54, 1.807) is 0 Å². The van der Waals surface area contributed by atoms with Crippen LogP contribution in [0, 0.1) is 19.8 Å². The molecule has 1 N–H and O–H groups in total. The molecule has 0 bridgehead atoms. The lowest BCUT2D eigenvalue weighted by atomic mass is 9.93. The average molecular weight is 289 g/mol. The monoisotopic (exact) mass is 289 g/mol. The van der Waals surface area contributed by atoms with Gasteiger partial charge >= 0.3 is 5.97 Å². The van der Waals surface area contributed by atoms with Crippen molar-refractivity contribution < 1.29 is 9.90 Å². The summed E-state index contributed by atoms with van der Waals surface area (Å²) in [5.41, 5.74) is 3.80. The van der Waals surface area contributed by atoms with Gasteiger partial charge in [0.1, 0.15) is 0 Å². The molecule has 1 aromatic carbocycles. The average Bonchev–Trinajstić information content (AvgIpc) is 2.41. The summed E-state index contributed by atoms with van der Waals surface area (Å²) < 4.78 is 0. The number of hydrogen-bond acceptors (Lipinski definition) is 2. The van der Waals surface area contributed by atoms with E-state index in [0.717, 1.165) is 19.5 Å². The minimum Gasteiger partial charge on any atom is -0.481 e. The van der Waals surface area contributed by atoms with Gasteiger partial charge in [0.2, 0.25) is 0 Å². The molecule has 1 aromatic rings. The van der Waals surface area contributed by atoms with Crippen LogP contribution in [-0.2, 0) is 11.2 Å². The van der Waals surface area contributed by atoms with Gasteiger partial charge in [0.05, 0.1) is 6.42 Å². The van der Waals surface area contributed by atoms with Crippen molar-refractivity contribution in [3.05, 3.63) is 34.9 Å². The van der Waals surface area contributed by atoms with E-state index in [4.69, 9.17) is 0 Å². The molecular formula is C18H27NO2. The number of nitrogens with zero attached hydrogens (tertiary/aromatic N) is 1. The van der Waals surface area contributed by atoms with Crippen LogP contribution in [0.3, 0.4) is 0 Å². The number of carboxylic acids is 1. The van der Waals surface area contributed by atoms with E-state index in [9.17, 15) is 9.90 Å². The number of hydrogen-bond donors (Lipinski definition) is 1. The maximum absolute atomic E-state index is 11.2. The zero-order valence-corrected chi connectivity index (χ0v) is 13.4. The van der Waals surface area contributed by atoms with Gasteiger partial charge in [0, 0.05) is 12.6 Å². The number of carbonyl (C=O) groups is 1. The number of piperidine rings is 1. The van der Waals surface area contributed by atoms with Crippen molar-refractivity contribution in [2.45, 2.75) is 52.5 Å². The zero-order chi connectivity index (χ0) is 15.4. The lowest BCUT2D eigenvalue weighted by Gasteiger charge is -2.37. The van der Waals surface area contributed by atoms with Crippen molar-refractivity contribution in [3.8, 4) is 0 Å². The molecule has 21 heavy (non-hydrogen) atoms. The molecular weight excluding hydrogens is 262 g/mol. The molecule has 2 atom stereocenters. The summed E-state index contributed by atoms with van der Waals surface area (Å²) in [4.78, 5) is 13.6. The SMILES string of the molecule is Cc1ccc(C)c(CC(CC(=O)O)N2CCCC(C)C2)c1. The van der Waals surface area contributed by atoms with Crippen molar-refractivity contribution in [1.82, 2.24) is 4.90 Å². The molecule has 1 aliphatic heterocycles. The quantitative estimate of drug-likeness (QED) is 0.903. The van der Waals surface area contributed by atoms with Crippen LogP contribution in [-0.4, -0.2) is 35.1 Å². The third kappa shape index (κ3) is 4.57. The third-order valence-electron chi connectivity index (χ3n) is 4.58. The smallest absolute Gasteiger partial charge is 0.304 e. The second kappa shape index (κ2) is 7.08. The molecule has 2 rings (SSSR count). The summed E-state index contributed by atoms with van der Waals surface area (Å²) in [6.07, 6.45) is 3.52. The van der Waals surface area contributed by atoms with Crippen LogP contribution >= 0.6 is 0 Å². The number of carboxylic acid groups (broad SMARTS) is 1.